The lowest BCUT2D eigenvalue weighted by molar-refractivity contribution is -0.0411. The van der Waals surface area contributed by atoms with Crippen molar-refractivity contribution in [3.05, 3.63) is 0 Å². The van der Waals surface area contributed by atoms with Gasteiger partial charge in [-0.05, 0) is 61.7 Å². The summed E-state index contributed by atoms with van der Waals surface area (Å²) in [5, 5.41) is 0. The van der Waals surface area contributed by atoms with E-state index in [0.717, 1.165) is 23.2 Å². The van der Waals surface area contributed by atoms with Crippen molar-refractivity contribution < 1.29 is 5.48 Å². The van der Waals surface area contributed by atoms with Crippen molar-refractivity contribution in [2.24, 2.45) is 23.2 Å². The van der Waals surface area contributed by atoms with Crippen molar-refractivity contribution in [2.75, 3.05) is 0 Å². The van der Waals surface area contributed by atoms with Gasteiger partial charge in [0.15, 0.2) is 0 Å². The summed E-state index contributed by atoms with van der Waals surface area (Å²) >= 11 is 0. The summed E-state index contributed by atoms with van der Waals surface area (Å²) in [6.07, 6.45) is 9.48. The van der Waals surface area contributed by atoms with Crippen LogP contribution in [0.15, 0.2) is 0 Å². The smallest absolute Gasteiger partial charge is 0.0318 e. The van der Waals surface area contributed by atoms with Gasteiger partial charge in [-0.25, -0.2) is 0 Å². The van der Waals surface area contributed by atoms with Gasteiger partial charge in [0.1, 0.15) is 0 Å². The molecule has 0 radical (unpaired) electrons. The summed E-state index contributed by atoms with van der Waals surface area (Å²) in [5.74, 6) is 3.43. The van der Waals surface area contributed by atoms with Gasteiger partial charge in [0.05, 0.1) is 0 Å². The molecule has 1 nitrogen and oxygen atoms in total. The van der Waals surface area contributed by atoms with Gasteiger partial charge in [0.2, 0.25) is 0 Å². The lowest BCUT2D eigenvalue weighted by Crippen LogP contribution is -2.44. The predicted octanol–water partition coefficient (Wildman–Crippen LogP) is 2.40. The Morgan fingerprint density at radius 3 is 1.42 bits per heavy atom. The van der Waals surface area contributed by atoms with Gasteiger partial charge < -0.3 is 5.48 Å². The Morgan fingerprint density at radius 1 is 0.833 bits per heavy atom. The summed E-state index contributed by atoms with van der Waals surface area (Å²) in [6, 6.07) is 0. The third-order valence-electron chi connectivity index (χ3n) is 4.34. The zero-order chi connectivity index (χ0) is 7.47. The Hall–Kier alpha value is -0.0400. The van der Waals surface area contributed by atoms with E-state index in [2.05, 4.69) is 6.92 Å². The molecule has 0 aromatic carbocycles. The minimum Gasteiger partial charge on any atom is -0.412 e. The molecule has 4 aliphatic rings. The summed E-state index contributed by atoms with van der Waals surface area (Å²) in [5.41, 5.74) is 0.800. The molecular formula is C11H20O. The SMILES string of the molecule is CC12CC3CC(CC(C3)C1)C2.O. The molecular weight excluding hydrogens is 148 g/mol. The summed E-state index contributed by atoms with van der Waals surface area (Å²) in [6.45, 7) is 2.54. The first-order valence-electron chi connectivity index (χ1n) is 5.23. The fourth-order valence-corrected chi connectivity index (χ4v) is 4.54. The van der Waals surface area contributed by atoms with Crippen LogP contribution in [0.1, 0.15) is 45.4 Å². The molecule has 4 aliphatic carbocycles. The maximum atomic E-state index is 2.54. The van der Waals surface area contributed by atoms with Crippen molar-refractivity contribution in [2.45, 2.75) is 45.4 Å². The van der Waals surface area contributed by atoms with Gasteiger partial charge in [0, 0.05) is 0 Å². The molecule has 0 aromatic heterocycles. The Labute approximate surface area is 74.9 Å². The summed E-state index contributed by atoms with van der Waals surface area (Å²) < 4.78 is 0. The number of rotatable bonds is 0. The standard InChI is InChI=1S/C11H18.H2O/c1-11-5-8-2-9(6-11)4-10(3-8)7-11;/h8-10H,2-7H2,1H3;1H2. The highest BCUT2D eigenvalue weighted by molar-refractivity contribution is 4.99. The lowest BCUT2D eigenvalue weighted by atomic mass is 9.50. The van der Waals surface area contributed by atoms with Crippen molar-refractivity contribution in [3.8, 4) is 0 Å². The Bertz CT molecular complexity index is 150. The van der Waals surface area contributed by atoms with Gasteiger partial charge in [-0.1, -0.05) is 6.92 Å². The van der Waals surface area contributed by atoms with Gasteiger partial charge in [-0.15, -0.1) is 0 Å². The average molecular weight is 168 g/mol. The van der Waals surface area contributed by atoms with E-state index in [-0.39, 0.29) is 5.48 Å². The number of hydrogen-bond acceptors (Lipinski definition) is 0. The zero-order valence-corrected chi connectivity index (χ0v) is 7.97. The van der Waals surface area contributed by atoms with E-state index >= 15 is 0 Å². The first-order chi connectivity index (χ1) is 5.23. The van der Waals surface area contributed by atoms with Crippen molar-refractivity contribution in [1.29, 1.82) is 0 Å². The van der Waals surface area contributed by atoms with Crippen molar-refractivity contribution >= 4 is 0 Å². The van der Waals surface area contributed by atoms with Crippen LogP contribution in [0.3, 0.4) is 0 Å². The molecule has 4 bridgehead atoms. The van der Waals surface area contributed by atoms with Crippen LogP contribution >= 0.6 is 0 Å². The van der Waals surface area contributed by atoms with Gasteiger partial charge in [-0.2, -0.15) is 0 Å². The second kappa shape index (κ2) is 2.47. The van der Waals surface area contributed by atoms with Gasteiger partial charge in [-0.3, -0.25) is 0 Å². The van der Waals surface area contributed by atoms with E-state index in [4.69, 9.17) is 0 Å². The normalized spacial score (nSPS) is 55.2. The minimum absolute atomic E-state index is 0. The molecule has 2 N–H and O–H groups in total. The second-order valence-electron chi connectivity index (χ2n) is 5.73. The molecule has 1 heteroatoms. The van der Waals surface area contributed by atoms with E-state index in [9.17, 15) is 0 Å². The summed E-state index contributed by atoms with van der Waals surface area (Å²) in [7, 11) is 0. The quantitative estimate of drug-likeness (QED) is 0.532. The van der Waals surface area contributed by atoms with Crippen LogP contribution in [-0.2, 0) is 0 Å². The highest BCUT2D eigenvalue weighted by atomic mass is 16.0. The minimum atomic E-state index is 0. The van der Waals surface area contributed by atoms with E-state index < -0.39 is 0 Å². The molecule has 4 fully saturated rings. The van der Waals surface area contributed by atoms with Crippen LogP contribution in [0.5, 0.6) is 0 Å². The molecule has 0 amide bonds. The summed E-state index contributed by atoms with van der Waals surface area (Å²) in [4.78, 5) is 0. The maximum Gasteiger partial charge on any atom is -0.0318 e. The molecule has 0 spiro atoms. The van der Waals surface area contributed by atoms with Crippen molar-refractivity contribution in [1.82, 2.24) is 0 Å². The van der Waals surface area contributed by atoms with E-state index in [1.807, 2.05) is 0 Å². The molecule has 0 heterocycles. The van der Waals surface area contributed by atoms with E-state index in [1.165, 1.54) is 0 Å². The predicted molar refractivity (Wildman–Crippen MR) is 49.9 cm³/mol. The Balaban J connectivity index is 0.000000563. The fourth-order valence-electron chi connectivity index (χ4n) is 4.54. The largest absolute Gasteiger partial charge is 0.412 e. The second-order valence-corrected chi connectivity index (χ2v) is 5.73. The molecule has 70 valence electrons. The monoisotopic (exact) mass is 168 g/mol. The van der Waals surface area contributed by atoms with Crippen LogP contribution < -0.4 is 0 Å². The van der Waals surface area contributed by atoms with Gasteiger partial charge in [0.25, 0.3) is 0 Å². The number of hydrogen-bond donors (Lipinski definition) is 0. The Kier molecular flexibility index (Phi) is 1.76. The third kappa shape index (κ3) is 1.10. The first kappa shape index (κ1) is 8.55. The molecule has 0 atom stereocenters. The third-order valence-corrected chi connectivity index (χ3v) is 4.34. The maximum absolute atomic E-state index is 2.54. The highest BCUT2D eigenvalue weighted by Crippen LogP contribution is 2.59. The lowest BCUT2D eigenvalue weighted by Gasteiger charge is -2.55. The van der Waals surface area contributed by atoms with Crippen molar-refractivity contribution in [3.63, 3.8) is 0 Å². The van der Waals surface area contributed by atoms with Crippen LogP contribution in [0.4, 0.5) is 0 Å². The molecule has 12 heavy (non-hydrogen) atoms. The molecule has 4 saturated carbocycles. The fraction of sp³-hybridized carbons (Fsp3) is 1.00. The topological polar surface area (TPSA) is 31.5 Å². The van der Waals surface area contributed by atoms with Crippen LogP contribution in [0.2, 0.25) is 0 Å². The Morgan fingerprint density at radius 2 is 1.17 bits per heavy atom. The molecule has 0 aromatic rings. The van der Waals surface area contributed by atoms with E-state index in [0.29, 0.717) is 0 Å². The van der Waals surface area contributed by atoms with Crippen LogP contribution in [0, 0.1) is 23.2 Å². The first-order valence-corrected chi connectivity index (χ1v) is 5.23. The molecule has 0 unspecified atom stereocenters. The zero-order valence-electron chi connectivity index (χ0n) is 7.97. The van der Waals surface area contributed by atoms with E-state index in [1.54, 1.807) is 38.5 Å². The molecule has 4 rings (SSSR count). The van der Waals surface area contributed by atoms with Gasteiger partial charge >= 0.3 is 0 Å². The average Bonchev–Trinajstić information content (AvgIpc) is 1.79. The molecule has 0 aliphatic heterocycles. The van der Waals surface area contributed by atoms with Crippen LogP contribution in [-0.4, -0.2) is 5.48 Å². The highest BCUT2D eigenvalue weighted by Gasteiger charge is 2.48. The molecule has 0 saturated heterocycles. The van der Waals surface area contributed by atoms with Crippen LogP contribution in [0.25, 0.3) is 0 Å².